The van der Waals surface area contributed by atoms with E-state index in [1.54, 1.807) is 0 Å². The van der Waals surface area contributed by atoms with Crippen molar-refractivity contribution in [2.24, 2.45) is 0 Å². The van der Waals surface area contributed by atoms with Crippen LogP contribution >= 0.6 is 0 Å². The minimum absolute atomic E-state index is 0. The van der Waals surface area contributed by atoms with E-state index in [9.17, 15) is 4.79 Å². The summed E-state index contributed by atoms with van der Waals surface area (Å²) in [6.45, 7) is 0. The normalized spacial score (nSPS) is 8.67. The van der Waals surface area contributed by atoms with Gasteiger partial charge in [0.2, 0.25) is 0 Å². The highest BCUT2D eigenvalue weighted by molar-refractivity contribution is 5.88. The summed E-state index contributed by atoms with van der Waals surface area (Å²) in [7, 11) is 0. The summed E-state index contributed by atoms with van der Waals surface area (Å²) in [5.74, 6) is -1.89. The number of hydrogen-bond donors (Lipinski definition) is 3. The van der Waals surface area contributed by atoms with E-state index in [-0.39, 0.29) is 18.7 Å². The molecule has 4 heteroatoms. The van der Waals surface area contributed by atoms with E-state index in [0.717, 1.165) is 12.1 Å². The van der Waals surface area contributed by atoms with Crippen LogP contribution in [0.15, 0.2) is 18.2 Å². The van der Waals surface area contributed by atoms with Crippen LogP contribution in [0.25, 0.3) is 0 Å². The van der Waals surface area contributed by atoms with Gasteiger partial charge >= 0.3 is 5.97 Å². The zero-order valence-electron chi connectivity index (χ0n) is 5.48. The molecule has 0 saturated heterocycles. The maximum atomic E-state index is 10.3. The average Bonchev–Trinajstić information content (AvgIpc) is 1.94. The molecule has 4 nitrogen and oxygen atoms in total. The number of phenols is 2. The lowest BCUT2D eigenvalue weighted by Gasteiger charge is -1.97. The van der Waals surface area contributed by atoms with Gasteiger partial charge in [0.15, 0.2) is 11.5 Å². The van der Waals surface area contributed by atoms with Gasteiger partial charge in [-0.1, -0.05) is 7.43 Å². The first kappa shape index (κ1) is 10.3. The van der Waals surface area contributed by atoms with Crippen LogP contribution in [0.5, 0.6) is 11.5 Å². The molecule has 0 aliphatic carbocycles. The molecule has 0 amide bonds. The molecule has 1 aromatic rings. The Hall–Kier alpha value is -1.71. The van der Waals surface area contributed by atoms with Gasteiger partial charge in [0, 0.05) is 0 Å². The highest BCUT2D eigenvalue weighted by Crippen LogP contribution is 2.24. The molecule has 0 aliphatic rings. The van der Waals surface area contributed by atoms with E-state index < -0.39 is 11.7 Å². The molecule has 1 rings (SSSR count). The molecule has 66 valence electrons. The van der Waals surface area contributed by atoms with Crippen LogP contribution in [0.1, 0.15) is 17.8 Å². The fraction of sp³-hybridized carbons (Fsp3) is 0.125. The minimum atomic E-state index is -1.14. The quantitative estimate of drug-likeness (QED) is 0.557. The molecule has 12 heavy (non-hydrogen) atoms. The number of rotatable bonds is 1. The largest absolute Gasteiger partial charge is 0.504 e. The lowest BCUT2D eigenvalue weighted by atomic mass is 10.2. The molecule has 3 N–H and O–H groups in total. The van der Waals surface area contributed by atoms with Crippen molar-refractivity contribution in [3.63, 3.8) is 0 Å². The zero-order valence-corrected chi connectivity index (χ0v) is 5.48. The van der Waals surface area contributed by atoms with Crippen LogP contribution in [0.4, 0.5) is 0 Å². The predicted molar refractivity (Wildman–Crippen MR) is 43.5 cm³/mol. The van der Waals surface area contributed by atoms with Gasteiger partial charge in [-0.3, -0.25) is 0 Å². The Bertz CT molecular complexity index is 293. The number of aromatic carboxylic acids is 1. The SMILES string of the molecule is C.O=C(O)c1ccc(O)c(O)c1. The summed E-state index contributed by atoms with van der Waals surface area (Å²) in [5.41, 5.74) is -0.0553. The monoisotopic (exact) mass is 170 g/mol. The van der Waals surface area contributed by atoms with Crippen molar-refractivity contribution >= 4 is 5.97 Å². The van der Waals surface area contributed by atoms with Gasteiger partial charge in [0.05, 0.1) is 5.56 Å². The second kappa shape index (κ2) is 3.61. The van der Waals surface area contributed by atoms with E-state index in [1.807, 2.05) is 0 Å². The van der Waals surface area contributed by atoms with Crippen molar-refractivity contribution in [3.8, 4) is 11.5 Å². The van der Waals surface area contributed by atoms with Gasteiger partial charge < -0.3 is 15.3 Å². The zero-order chi connectivity index (χ0) is 8.43. The van der Waals surface area contributed by atoms with Gasteiger partial charge in [-0.15, -0.1) is 0 Å². The number of hydrogen-bond acceptors (Lipinski definition) is 3. The van der Waals surface area contributed by atoms with Crippen LogP contribution in [0.2, 0.25) is 0 Å². The number of carboxylic acids is 1. The van der Waals surface area contributed by atoms with Crippen LogP contribution in [0, 0.1) is 0 Å². The molecule has 0 radical (unpaired) electrons. The Morgan fingerprint density at radius 2 is 1.75 bits per heavy atom. The molecule has 0 fully saturated rings. The van der Waals surface area contributed by atoms with Gasteiger partial charge in [-0.05, 0) is 18.2 Å². The molecule has 0 saturated carbocycles. The average molecular weight is 170 g/mol. The van der Waals surface area contributed by atoms with Crippen molar-refractivity contribution in [2.45, 2.75) is 7.43 Å². The topological polar surface area (TPSA) is 77.8 Å². The molecule has 0 aliphatic heterocycles. The second-order valence-corrected chi connectivity index (χ2v) is 2.01. The lowest BCUT2D eigenvalue weighted by molar-refractivity contribution is 0.0696. The summed E-state index contributed by atoms with van der Waals surface area (Å²) in [6, 6.07) is 3.31. The summed E-state index contributed by atoms with van der Waals surface area (Å²) >= 11 is 0. The molecule has 0 spiro atoms. The highest BCUT2D eigenvalue weighted by atomic mass is 16.4. The van der Waals surface area contributed by atoms with Crippen LogP contribution < -0.4 is 0 Å². The van der Waals surface area contributed by atoms with Gasteiger partial charge in [0.1, 0.15) is 0 Å². The summed E-state index contributed by atoms with van der Waals surface area (Å²) in [4.78, 5) is 10.3. The molecule has 0 atom stereocenters. The van der Waals surface area contributed by atoms with Crippen molar-refractivity contribution in [2.75, 3.05) is 0 Å². The molecule has 0 unspecified atom stereocenters. The van der Waals surface area contributed by atoms with E-state index >= 15 is 0 Å². The first-order valence-electron chi connectivity index (χ1n) is 2.86. The van der Waals surface area contributed by atoms with Crippen LogP contribution in [-0.2, 0) is 0 Å². The number of phenolic OH excluding ortho intramolecular Hbond substituents is 2. The van der Waals surface area contributed by atoms with E-state index in [4.69, 9.17) is 15.3 Å². The molecular weight excluding hydrogens is 160 g/mol. The molecule has 1 aromatic carbocycles. The fourth-order valence-corrected chi connectivity index (χ4v) is 0.656. The number of carbonyl (C=O) groups is 1. The van der Waals surface area contributed by atoms with Crippen molar-refractivity contribution in [1.29, 1.82) is 0 Å². The molecule has 0 heterocycles. The van der Waals surface area contributed by atoms with Crippen molar-refractivity contribution in [1.82, 2.24) is 0 Å². The third-order valence-electron chi connectivity index (χ3n) is 1.22. The van der Waals surface area contributed by atoms with E-state index in [1.165, 1.54) is 6.07 Å². The van der Waals surface area contributed by atoms with Gasteiger partial charge in [0.25, 0.3) is 0 Å². The predicted octanol–water partition coefficient (Wildman–Crippen LogP) is 1.43. The summed E-state index contributed by atoms with van der Waals surface area (Å²) < 4.78 is 0. The first-order valence-corrected chi connectivity index (χ1v) is 2.86. The summed E-state index contributed by atoms with van der Waals surface area (Å²) in [5, 5.41) is 26.0. The number of benzene rings is 1. The molecule has 0 aromatic heterocycles. The number of carboxylic acid groups (broad SMARTS) is 1. The maximum absolute atomic E-state index is 10.3. The Kier molecular flexibility index (Phi) is 3.10. The Labute approximate surface area is 69.7 Å². The lowest BCUT2D eigenvalue weighted by Crippen LogP contribution is -1.94. The maximum Gasteiger partial charge on any atom is 0.335 e. The van der Waals surface area contributed by atoms with E-state index in [2.05, 4.69) is 0 Å². The highest BCUT2D eigenvalue weighted by Gasteiger charge is 2.05. The van der Waals surface area contributed by atoms with Crippen molar-refractivity contribution < 1.29 is 20.1 Å². The Balaban J connectivity index is 0.00000121. The first-order chi connectivity index (χ1) is 5.11. The Morgan fingerprint density at radius 1 is 1.17 bits per heavy atom. The van der Waals surface area contributed by atoms with Gasteiger partial charge in [-0.2, -0.15) is 0 Å². The standard InChI is InChI=1S/C7H6O4.CH4/c8-5-2-1-4(7(10)11)3-6(5)9;/h1-3,8-9H,(H,10,11);1H4. The third-order valence-corrected chi connectivity index (χ3v) is 1.22. The molecule has 0 bridgehead atoms. The van der Waals surface area contributed by atoms with Gasteiger partial charge in [-0.25, -0.2) is 4.79 Å². The van der Waals surface area contributed by atoms with Crippen LogP contribution in [0.3, 0.4) is 0 Å². The Morgan fingerprint density at radius 3 is 2.17 bits per heavy atom. The van der Waals surface area contributed by atoms with Crippen LogP contribution in [-0.4, -0.2) is 21.3 Å². The van der Waals surface area contributed by atoms with E-state index in [0.29, 0.717) is 0 Å². The molecular formula is C8H10O4. The fourth-order valence-electron chi connectivity index (χ4n) is 0.656. The summed E-state index contributed by atoms with van der Waals surface area (Å²) in [6.07, 6.45) is 0. The smallest absolute Gasteiger partial charge is 0.335 e. The minimum Gasteiger partial charge on any atom is -0.504 e. The van der Waals surface area contributed by atoms with Crippen molar-refractivity contribution in [3.05, 3.63) is 23.8 Å². The number of aromatic hydroxyl groups is 2. The second-order valence-electron chi connectivity index (χ2n) is 2.01. The third kappa shape index (κ3) is 1.88.